The molecule has 0 saturated heterocycles. The third kappa shape index (κ3) is 4.65. The maximum Gasteiger partial charge on any atom is 0.248 e. The number of hydrogen-bond donors (Lipinski definition) is 2. The first-order chi connectivity index (χ1) is 10.2. The Hall–Kier alpha value is -2.82. The summed E-state index contributed by atoms with van der Waals surface area (Å²) in [6.45, 7) is 1.79. The van der Waals surface area contributed by atoms with Crippen molar-refractivity contribution in [2.75, 3.05) is 10.6 Å². The summed E-state index contributed by atoms with van der Waals surface area (Å²) in [4.78, 5) is 23.0. The lowest BCUT2D eigenvalue weighted by Gasteiger charge is -2.05. The third-order valence-corrected chi connectivity index (χ3v) is 2.70. The molecule has 2 N–H and O–H groups in total. The second-order valence-corrected chi connectivity index (χ2v) is 4.32. The lowest BCUT2D eigenvalue weighted by molar-refractivity contribution is -0.116. The molecule has 108 valence electrons. The molecule has 0 spiro atoms. The molecule has 2 amide bonds. The largest absolute Gasteiger partial charge is 0.465 e. The molecule has 0 atom stereocenters. The fraction of sp³-hybridized carbons (Fsp3) is 0.125. The Morgan fingerprint density at radius 3 is 2.33 bits per heavy atom. The number of furan rings is 1. The van der Waals surface area contributed by atoms with Crippen molar-refractivity contribution in [3.05, 3.63) is 54.5 Å². The van der Waals surface area contributed by atoms with Gasteiger partial charge in [0.05, 0.1) is 6.26 Å². The lowest BCUT2D eigenvalue weighted by atomic mass is 10.2. The molecule has 0 aliphatic heterocycles. The summed E-state index contributed by atoms with van der Waals surface area (Å²) in [6, 6.07) is 10.4. The van der Waals surface area contributed by atoms with E-state index in [1.54, 1.807) is 55.7 Å². The standard InChI is InChI=1S/C16H16N2O3/c1-2-15(19)17-12-5-7-13(8-6-12)18-16(20)10-9-14-4-3-11-21-14/h3-11H,2H2,1H3,(H,17,19)(H,18,20)/b10-9-. The molecule has 21 heavy (non-hydrogen) atoms. The van der Waals surface area contributed by atoms with Gasteiger partial charge in [-0.25, -0.2) is 0 Å². The van der Waals surface area contributed by atoms with Gasteiger partial charge in [0.2, 0.25) is 11.8 Å². The van der Waals surface area contributed by atoms with E-state index in [1.165, 1.54) is 6.08 Å². The van der Waals surface area contributed by atoms with Gasteiger partial charge in [0.15, 0.2) is 0 Å². The van der Waals surface area contributed by atoms with Crippen LogP contribution in [0.5, 0.6) is 0 Å². The molecule has 0 unspecified atom stereocenters. The highest BCUT2D eigenvalue weighted by Gasteiger charge is 2.01. The molecule has 5 nitrogen and oxygen atoms in total. The van der Waals surface area contributed by atoms with Crippen LogP contribution >= 0.6 is 0 Å². The van der Waals surface area contributed by atoms with E-state index in [-0.39, 0.29) is 11.8 Å². The number of hydrogen-bond acceptors (Lipinski definition) is 3. The zero-order chi connectivity index (χ0) is 15.1. The van der Waals surface area contributed by atoms with Crippen LogP contribution in [0.1, 0.15) is 19.1 Å². The third-order valence-electron chi connectivity index (χ3n) is 2.70. The van der Waals surface area contributed by atoms with Gasteiger partial charge in [0.1, 0.15) is 5.76 Å². The van der Waals surface area contributed by atoms with Crippen LogP contribution in [0.25, 0.3) is 6.08 Å². The molecule has 2 rings (SSSR count). The van der Waals surface area contributed by atoms with Crippen molar-refractivity contribution < 1.29 is 14.0 Å². The van der Waals surface area contributed by atoms with E-state index in [0.717, 1.165) is 0 Å². The number of anilines is 2. The molecule has 1 heterocycles. The van der Waals surface area contributed by atoms with Crippen molar-refractivity contribution in [2.24, 2.45) is 0 Å². The van der Waals surface area contributed by atoms with E-state index in [1.807, 2.05) is 0 Å². The molecule has 2 aromatic rings. The maximum absolute atomic E-state index is 11.7. The van der Waals surface area contributed by atoms with E-state index in [4.69, 9.17) is 4.42 Å². The van der Waals surface area contributed by atoms with E-state index >= 15 is 0 Å². The minimum absolute atomic E-state index is 0.0480. The SMILES string of the molecule is CCC(=O)Nc1ccc(NC(=O)/C=C\c2ccco2)cc1. The summed E-state index contributed by atoms with van der Waals surface area (Å²) < 4.78 is 5.09. The highest BCUT2D eigenvalue weighted by atomic mass is 16.3. The van der Waals surface area contributed by atoms with Crippen molar-refractivity contribution in [3.8, 4) is 0 Å². The topological polar surface area (TPSA) is 71.3 Å². The molecule has 0 fully saturated rings. The Balaban J connectivity index is 1.90. The number of nitrogens with one attached hydrogen (secondary N) is 2. The molecule has 5 heteroatoms. The van der Waals surface area contributed by atoms with Gasteiger partial charge in [-0.2, -0.15) is 0 Å². The normalized spacial score (nSPS) is 10.5. The Bertz CT molecular complexity index is 628. The van der Waals surface area contributed by atoms with E-state index in [0.29, 0.717) is 23.6 Å². The average molecular weight is 284 g/mol. The number of carbonyl (C=O) groups is 2. The van der Waals surface area contributed by atoms with Crippen LogP contribution in [0, 0.1) is 0 Å². The van der Waals surface area contributed by atoms with Gasteiger partial charge in [-0.05, 0) is 42.5 Å². The summed E-state index contributed by atoms with van der Waals surface area (Å²) in [7, 11) is 0. The van der Waals surface area contributed by atoms with Crippen molar-refractivity contribution >= 4 is 29.3 Å². The molecule has 1 aromatic carbocycles. The second kappa shape index (κ2) is 7.09. The zero-order valence-corrected chi connectivity index (χ0v) is 11.6. The van der Waals surface area contributed by atoms with Crippen molar-refractivity contribution in [1.82, 2.24) is 0 Å². The number of carbonyl (C=O) groups excluding carboxylic acids is 2. The number of amides is 2. The number of rotatable bonds is 5. The first-order valence-electron chi connectivity index (χ1n) is 6.60. The van der Waals surface area contributed by atoms with Gasteiger partial charge in [0.25, 0.3) is 0 Å². The Kier molecular flexibility index (Phi) is 4.93. The Morgan fingerprint density at radius 2 is 1.76 bits per heavy atom. The molecule has 0 radical (unpaired) electrons. The fourth-order valence-corrected chi connectivity index (χ4v) is 1.61. The van der Waals surface area contributed by atoms with Gasteiger partial charge in [-0.3, -0.25) is 9.59 Å². The molecule has 0 aliphatic rings. The van der Waals surface area contributed by atoms with Gasteiger partial charge in [-0.15, -0.1) is 0 Å². The molecular formula is C16H16N2O3. The maximum atomic E-state index is 11.7. The summed E-state index contributed by atoms with van der Waals surface area (Å²) in [6.07, 6.45) is 4.95. The van der Waals surface area contributed by atoms with Gasteiger partial charge in [0, 0.05) is 23.9 Å². The van der Waals surface area contributed by atoms with E-state index < -0.39 is 0 Å². The Labute approximate surface area is 122 Å². The highest BCUT2D eigenvalue weighted by Crippen LogP contribution is 2.14. The van der Waals surface area contributed by atoms with Crippen LogP contribution in [0.15, 0.2) is 53.2 Å². The highest BCUT2D eigenvalue weighted by molar-refractivity contribution is 6.02. The fourth-order valence-electron chi connectivity index (χ4n) is 1.61. The molecule has 0 saturated carbocycles. The van der Waals surface area contributed by atoms with Crippen LogP contribution in [0.2, 0.25) is 0 Å². The second-order valence-electron chi connectivity index (χ2n) is 4.32. The molecule has 0 bridgehead atoms. The lowest BCUT2D eigenvalue weighted by Crippen LogP contribution is -2.10. The van der Waals surface area contributed by atoms with Crippen molar-refractivity contribution in [2.45, 2.75) is 13.3 Å². The van der Waals surface area contributed by atoms with Crippen LogP contribution < -0.4 is 10.6 Å². The molecule has 0 aliphatic carbocycles. The average Bonchev–Trinajstić information content (AvgIpc) is 3.00. The van der Waals surface area contributed by atoms with Crippen LogP contribution in [0.3, 0.4) is 0 Å². The van der Waals surface area contributed by atoms with Gasteiger partial charge >= 0.3 is 0 Å². The Morgan fingerprint density at radius 1 is 1.10 bits per heavy atom. The van der Waals surface area contributed by atoms with Gasteiger partial charge in [-0.1, -0.05) is 6.92 Å². The quantitative estimate of drug-likeness (QED) is 0.828. The first-order valence-corrected chi connectivity index (χ1v) is 6.60. The monoisotopic (exact) mass is 284 g/mol. The predicted molar refractivity (Wildman–Crippen MR) is 81.7 cm³/mol. The molecule has 1 aromatic heterocycles. The summed E-state index contributed by atoms with van der Waals surface area (Å²) in [5.74, 6) is 0.313. The van der Waals surface area contributed by atoms with E-state index in [2.05, 4.69) is 10.6 Å². The van der Waals surface area contributed by atoms with Crippen LogP contribution in [0.4, 0.5) is 11.4 Å². The van der Waals surface area contributed by atoms with Crippen molar-refractivity contribution in [3.63, 3.8) is 0 Å². The summed E-state index contributed by atoms with van der Waals surface area (Å²) >= 11 is 0. The zero-order valence-electron chi connectivity index (χ0n) is 11.6. The smallest absolute Gasteiger partial charge is 0.248 e. The van der Waals surface area contributed by atoms with E-state index in [9.17, 15) is 9.59 Å². The summed E-state index contributed by atoms with van der Waals surface area (Å²) in [5, 5.41) is 5.46. The predicted octanol–water partition coefficient (Wildman–Crippen LogP) is 3.28. The summed E-state index contributed by atoms with van der Waals surface area (Å²) in [5.41, 5.74) is 1.35. The first kappa shape index (κ1) is 14.6. The number of benzene rings is 1. The van der Waals surface area contributed by atoms with Crippen molar-refractivity contribution in [1.29, 1.82) is 0 Å². The minimum Gasteiger partial charge on any atom is -0.465 e. The van der Waals surface area contributed by atoms with Crippen LogP contribution in [-0.2, 0) is 9.59 Å². The van der Waals surface area contributed by atoms with Gasteiger partial charge < -0.3 is 15.1 Å². The van der Waals surface area contributed by atoms with Crippen LogP contribution in [-0.4, -0.2) is 11.8 Å². The molecular weight excluding hydrogens is 268 g/mol. The minimum atomic E-state index is -0.253.